The maximum Gasteiger partial charge on any atom is 0.410 e. The summed E-state index contributed by atoms with van der Waals surface area (Å²) in [5, 5.41) is 15.8. The molecule has 23 heteroatoms. The van der Waals surface area contributed by atoms with Gasteiger partial charge in [0.05, 0.1) is 67.7 Å². The summed E-state index contributed by atoms with van der Waals surface area (Å²) in [5.41, 5.74) is 6.75. The van der Waals surface area contributed by atoms with Crippen molar-refractivity contribution in [3.05, 3.63) is 70.1 Å². The van der Waals surface area contributed by atoms with Crippen LogP contribution in [0.1, 0.15) is 70.2 Å². The van der Waals surface area contributed by atoms with E-state index in [2.05, 4.69) is 57.8 Å². The third kappa shape index (κ3) is 19.3. The number of aryl methyl sites for hydroxylation is 2. The minimum atomic E-state index is -1.03. The van der Waals surface area contributed by atoms with Crippen molar-refractivity contribution in [2.24, 2.45) is 11.6 Å². The Labute approximate surface area is 397 Å². The highest BCUT2D eigenvalue weighted by Gasteiger charge is 2.28. The fourth-order valence-electron chi connectivity index (χ4n) is 6.26. The van der Waals surface area contributed by atoms with Crippen molar-refractivity contribution < 1.29 is 52.6 Å². The molecule has 2 heterocycles. The Morgan fingerprint density at radius 1 is 0.955 bits per heavy atom. The van der Waals surface area contributed by atoms with E-state index < -0.39 is 65.8 Å². The van der Waals surface area contributed by atoms with Crippen LogP contribution in [0.15, 0.2) is 53.3 Å². The number of rotatable bonds is 23. The molecule has 3 aromatic rings. The van der Waals surface area contributed by atoms with Gasteiger partial charge in [0.1, 0.15) is 31.1 Å². The van der Waals surface area contributed by atoms with Gasteiger partial charge in [-0.3, -0.25) is 29.5 Å². The number of carbonyl (C=O) groups excluding carboxylic acids is 6. The van der Waals surface area contributed by atoms with E-state index in [4.69, 9.17) is 35.4 Å². The van der Waals surface area contributed by atoms with E-state index in [0.717, 1.165) is 10.0 Å². The third-order valence-corrected chi connectivity index (χ3v) is 11.0. The lowest BCUT2D eigenvalue weighted by Crippen LogP contribution is -2.48. The number of hydrogen-bond donors (Lipinski definition) is 8. The van der Waals surface area contributed by atoms with Gasteiger partial charge >= 0.3 is 18.2 Å². The van der Waals surface area contributed by atoms with E-state index in [-0.39, 0.29) is 51.6 Å². The quantitative estimate of drug-likeness (QED) is 0.0489. The van der Waals surface area contributed by atoms with E-state index in [1.807, 2.05) is 20.8 Å². The number of urea groups is 2. The molecule has 1 aliphatic heterocycles. The molecule has 22 nitrogen and oxygen atoms in total. The summed E-state index contributed by atoms with van der Waals surface area (Å²) >= 11 is 3.50. The molecule has 1 saturated heterocycles. The Balaban J connectivity index is 1.25. The summed E-state index contributed by atoms with van der Waals surface area (Å²) in [6.07, 6.45) is 2.85. The summed E-state index contributed by atoms with van der Waals surface area (Å²) in [5.74, 6) is 4.40. The molecule has 2 unspecified atom stereocenters. The number of halogens is 1. The molecule has 2 atom stereocenters. The van der Waals surface area contributed by atoms with Gasteiger partial charge < -0.3 is 56.2 Å². The Kier molecular flexibility index (Phi) is 20.5. The molecule has 4 rings (SSSR count). The third-order valence-electron chi connectivity index (χ3n) is 10.1. The number of amides is 8. The van der Waals surface area contributed by atoms with Crippen molar-refractivity contribution in [3.63, 3.8) is 0 Å². The molecular weight excluding hydrogens is 938 g/mol. The fraction of sp³-hybridized carbons (Fsp3) is 0.500. The summed E-state index contributed by atoms with van der Waals surface area (Å²) in [4.78, 5) is 90.8. The Hall–Kier alpha value is -6.14. The highest BCUT2D eigenvalue weighted by atomic mass is 79.9. The van der Waals surface area contributed by atoms with E-state index >= 15 is 0 Å². The average molecular weight is 1000 g/mol. The average Bonchev–Trinajstić information content (AvgIpc) is 3.27. The van der Waals surface area contributed by atoms with Crippen molar-refractivity contribution >= 4 is 69.0 Å². The summed E-state index contributed by atoms with van der Waals surface area (Å²) in [7, 11) is 0. The predicted molar refractivity (Wildman–Crippen MR) is 251 cm³/mol. The molecular formula is C44H62BrN11O11. The first kappa shape index (κ1) is 53.5. The summed E-state index contributed by atoms with van der Waals surface area (Å²) in [6.45, 7) is 11.6. The van der Waals surface area contributed by atoms with Gasteiger partial charge in [0, 0.05) is 29.7 Å². The SMILES string of the molecule is Cc1cnc(NC(=O)Nc2cc(Br)c(C)cc2OCC2CN(C(=O)OCc3ccc(NC(=O)C(CCCNC(N)=O)NC(=O)CNC(=O)CC(C)(C)OCCC(C)(C)ON)cc3)CCO2)cn1. The number of nitrogens with two attached hydrogens (primary N) is 2. The van der Waals surface area contributed by atoms with Crippen LogP contribution in [-0.4, -0.2) is 120 Å². The molecule has 1 aliphatic rings. The number of morpholine rings is 1. The van der Waals surface area contributed by atoms with Gasteiger partial charge in [-0.15, -0.1) is 0 Å². The largest absolute Gasteiger partial charge is 0.489 e. The maximum atomic E-state index is 13.4. The molecule has 0 radical (unpaired) electrons. The standard InChI is InChI=1S/C44H62BrN11O11/c1-27-18-35(34(19-32(27)45)54-41(61)55-36-22-49-28(2)21-50-36)64-26-31-24-56(15-17-63-31)42(62)65-25-29-9-11-30(12-10-29)52-39(59)33(8-7-14-48-40(46)60)53-38(58)23-51-37(57)20-44(5,6)66-16-13-43(3,4)67-47/h9-12,18-19,21-22,31,33H,7-8,13-17,20,23-26,47H2,1-6H3,(H,51,57)(H,52,59)(H,53,58)(H3,46,48,60)(H2,50,54,55,61). The molecule has 366 valence electrons. The number of carbonyl (C=O) groups is 6. The zero-order valence-electron chi connectivity index (χ0n) is 38.6. The number of nitrogens with one attached hydrogen (secondary N) is 6. The van der Waals surface area contributed by atoms with Crippen molar-refractivity contribution in [1.82, 2.24) is 30.8 Å². The predicted octanol–water partition coefficient (Wildman–Crippen LogP) is 4.15. The van der Waals surface area contributed by atoms with Crippen LogP contribution in [0.2, 0.25) is 0 Å². The van der Waals surface area contributed by atoms with Crippen molar-refractivity contribution in [2.45, 2.75) is 97.2 Å². The lowest BCUT2D eigenvalue weighted by molar-refractivity contribution is -0.132. The van der Waals surface area contributed by atoms with Gasteiger partial charge in [-0.25, -0.2) is 25.3 Å². The highest BCUT2D eigenvalue weighted by molar-refractivity contribution is 9.10. The number of primary amides is 1. The molecule has 2 aromatic carbocycles. The minimum absolute atomic E-state index is 0.0319. The second-order valence-corrected chi connectivity index (χ2v) is 17.8. The van der Waals surface area contributed by atoms with Crippen LogP contribution in [0.4, 0.5) is 31.6 Å². The molecule has 1 fully saturated rings. The van der Waals surface area contributed by atoms with Gasteiger partial charge in [0.15, 0.2) is 5.82 Å². The van der Waals surface area contributed by atoms with Crippen LogP contribution >= 0.6 is 15.9 Å². The lowest BCUT2D eigenvalue weighted by atomic mass is 10.0. The fourth-order valence-corrected chi connectivity index (χ4v) is 6.60. The van der Waals surface area contributed by atoms with Crippen LogP contribution in [0.5, 0.6) is 5.75 Å². The summed E-state index contributed by atoms with van der Waals surface area (Å²) < 4.78 is 24.2. The van der Waals surface area contributed by atoms with Gasteiger partial charge in [0.2, 0.25) is 17.7 Å². The van der Waals surface area contributed by atoms with Crippen LogP contribution in [0, 0.1) is 13.8 Å². The smallest absolute Gasteiger partial charge is 0.410 e. The normalized spacial score (nSPS) is 14.3. The molecule has 0 aliphatic carbocycles. The van der Waals surface area contributed by atoms with Crippen molar-refractivity contribution in [2.75, 3.05) is 62.0 Å². The number of anilines is 3. The number of hydrogen-bond acceptors (Lipinski definition) is 14. The number of benzene rings is 2. The van der Waals surface area contributed by atoms with E-state index in [9.17, 15) is 28.8 Å². The second kappa shape index (κ2) is 25.7. The first-order chi connectivity index (χ1) is 31.7. The Morgan fingerprint density at radius 3 is 2.39 bits per heavy atom. The first-order valence-corrected chi connectivity index (χ1v) is 22.3. The van der Waals surface area contributed by atoms with E-state index in [1.54, 1.807) is 57.2 Å². The van der Waals surface area contributed by atoms with Crippen LogP contribution < -0.4 is 48.3 Å². The van der Waals surface area contributed by atoms with Gasteiger partial charge in [-0.2, -0.15) is 0 Å². The van der Waals surface area contributed by atoms with Gasteiger partial charge in [-0.1, -0.05) is 28.1 Å². The van der Waals surface area contributed by atoms with Crippen LogP contribution in [0.25, 0.3) is 0 Å². The van der Waals surface area contributed by atoms with Crippen molar-refractivity contribution in [1.29, 1.82) is 0 Å². The minimum Gasteiger partial charge on any atom is -0.489 e. The van der Waals surface area contributed by atoms with Crippen molar-refractivity contribution in [3.8, 4) is 5.75 Å². The topological polar surface area (TPSA) is 302 Å². The Morgan fingerprint density at radius 2 is 1.70 bits per heavy atom. The lowest BCUT2D eigenvalue weighted by Gasteiger charge is -2.32. The number of ether oxygens (including phenoxy) is 4. The van der Waals surface area contributed by atoms with Crippen LogP contribution in [-0.2, 0) is 40.0 Å². The molecule has 0 spiro atoms. The molecule has 0 bridgehead atoms. The monoisotopic (exact) mass is 999 g/mol. The molecule has 8 amide bonds. The van der Waals surface area contributed by atoms with E-state index in [0.29, 0.717) is 54.4 Å². The van der Waals surface area contributed by atoms with Gasteiger partial charge in [-0.05, 0) is 89.8 Å². The first-order valence-electron chi connectivity index (χ1n) is 21.5. The maximum absolute atomic E-state index is 13.4. The zero-order chi connectivity index (χ0) is 49.1. The molecule has 1 aromatic heterocycles. The van der Waals surface area contributed by atoms with Crippen LogP contribution in [0.3, 0.4) is 0 Å². The number of nitrogens with zero attached hydrogens (tertiary/aromatic N) is 3. The van der Waals surface area contributed by atoms with E-state index in [1.165, 1.54) is 17.3 Å². The molecule has 67 heavy (non-hydrogen) atoms. The number of aromatic nitrogens is 2. The zero-order valence-corrected chi connectivity index (χ0v) is 40.2. The Bertz CT molecular complexity index is 2160. The summed E-state index contributed by atoms with van der Waals surface area (Å²) in [6, 6.07) is 7.80. The molecule has 0 saturated carbocycles. The second-order valence-electron chi connectivity index (χ2n) is 17.0. The highest BCUT2D eigenvalue weighted by Crippen LogP contribution is 2.32. The van der Waals surface area contributed by atoms with Gasteiger partial charge in [0.25, 0.3) is 0 Å². The molecule has 10 N–H and O–H groups in total.